The standard InChI is InChI=1S/C4H7N3O3/c1-3-2-10-4(5-3)6-7(8)9/h3H,2H2,1H3,(H,5,6). The topological polar surface area (TPSA) is 76.8 Å². The third-order valence-electron chi connectivity index (χ3n) is 1.01. The van der Waals surface area contributed by atoms with E-state index in [0.717, 1.165) is 0 Å². The molecular weight excluding hydrogens is 138 g/mol. The number of amidine groups is 1. The van der Waals surface area contributed by atoms with E-state index in [1.54, 1.807) is 0 Å². The summed E-state index contributed by atoms with van der Waals surface area (Å²) in [5.74, 6) is 0. The van der Waals surface area contributed by atoms with Gasteiger partial charge in [-0.15, -0.1) is 0 Å². The Balaban J connectivity index is 2.51. The maximum absolute atomic E-state index is 9.76. The van der Waals surface area contributed by atoms with Crippen LogP contribution in [0.1, 0.15) is 6.92 Å². The van der Waals surface area contributed by atoms with Gasteiger partial charge in [0.05, 0.1) is 6.04 Å². The normalized spacial score (nSPS) is 27.7. The van der Waals surface area contributed by atoms with E-state index in [0.29, 0.717) is 6.61 Å². The number of nitrogens with one attached hydrogen (secondary N) is 1. The summed E-state index contributed by atoms with van der Waals surface area (Å²) in [7, 11) is 0. The molecule has 0 amide bonds. The zero-order valence-electron chi connectivity index (χ0n) is 5.40. The third kappa shape index (κ3) is 1.57. The van der Waals surface area contributed by atoms with Gasteiger partial charge >= 0.3 is 6.02 Å². The monoisotopic (exact) mass is 145 g/mol. The van der Waals surface area contributed by atoms with Crippen molar-refractivity contribution >= 4 is 6.02 Å². The second-order valence-electron chi connectivity index (χ2n) is 2.00. The van der Waals surface area contributed by atoms with E-state index in [9.17, 15) is 10.1 Å². The molecule has 1 N–H and O–H groups in total. The first-order valence-corrected chi connectivity index (χ1v) is 2.81. The molecule has 0 bridgehead atoms. The minimum atomic E-state index is -0.791. The van der Waals surface area contributed by atoms with Crippen LogP contribution in [0.3, 0.4) is 0 Å². The Bertz CT molecular complexity index is 179. The van der Waals surface area contributed by atoms with Gasteiger partial charge in [0.1, 0.15) is 11.7 Å². The molecule has 0 aliphatic carbocycles. The number of nitrogens with zero attached hydrogens (tertiary/aromatic N) is 2. The maximum Gasteiger partial charge on any atom is 0.359 e. The van der Waals surface area contributed by atoms with Crippen LogP contribution in [-0.4, -0.2) is 23.7 Å². The molecule has 1 rings (SSSR count). The number of hydrogen-bond acceptors (Lipinski definition) is 3. The van der Waals surface area contributed by atoms with Crippen molar-refractivity contribution in [2.45, 2.75) is 13.0 Å². The maximum atomic E-state index is 9.76. The van der Waals surface area contributed by atoms with E-state index < -0.39 is 5.03 Å². The molecule has 1 atom stereocenters. The lowest BCUT2D eigenvalue weighted by Crippen LogP contribution is -2.24. The van der Waals surface area contributed by atoms with Crippen LogP contribution >= 0.6 is 0 Å². The van der Waals surface area contributed by atoms with Crippen LogP contribution in [0.4, 0.5) is 0 Å². The van der Waals surface area contributed by atoms with Crippen LogP contribution in [0.5, 0.6) is 0 Å². The highest BCUT2D eigenvalue weighted by Crippen LogP contribution is 1.95. The molecular formula is C4H7N3O3. The summed E-state index contributed by atoms with van der Waals surface area (Å²) in [6, 6.07) is 0.108. The molecule has 1 fully saturated rings. The van der Waals surface area contributed by atoms with Crippen LogP contribution in [0.15, 0.2) is 5.10 Å². The number of rotatable bonds is 1. The molecule has 1 aliphatic rings. The second kappa shape index (κ2) is 2.51. The largest absolute Gasteiger partial charge is 0.459 e. The predicted molar refractivity (Wildman–Crippen MR) is 33.0 cm³/mol. The predicted octanol–water partition coefficient (Wildman–Crippen LogP) is -0.458. The van der Waals surface area contributed by atoms with Gasteiger partial charge in [-0.05, 0) is 6.92 Å². The Kier molecular flexibility index (Phi) is 1.70. The number of hydrazone groups is 1. The van der Waals surface area contributed by atoms with Crippen LogP contribution in [0, 0.1) is 10.1 Å². The Morgan fingerprint density at radius 3 is 3.10 bits per heavy atom. The third-order valence-corrected chi connectivity index (χ3v) is 1.01. The molecule has 10 heavy (non-hydrogen) atoms. The lowest BCUT2D eigenvalue weighted by Gasteiger charge is -1.92. The van der Waals surface area contributed by atoms with Gasteiger partial charge in [-0.1, -0.05) is 0 Å². The first-order valence-electron chi connectivity index (χ1n) is 2.81. The van der Waals surface area contributed by atoms with Gasteiger partial charge in [-0.25, -0.2) is 10.1 Å². The highest BCUT2D eigenvalue weighted by Gasteiger charge is 2.18. The van der Waals surface area contributed by atoms with Gasteiger partial charge in [-0.3, -0.25) is 0 Å². The fraction of sp³-hybridized carbons (Fsp3) is 0.750. The van der Waals surface area contributed by atoms with Crippen molar-refractivity contribution in [2.75, 3.05) is 6.61 Å². The first kappa shape index (κ1) is 6.79. The summed E-state index contributed by atoms with van der Waals surface area (Å²) in [5.41, 5.74) is 0. The lowest BCUT2D eigenvalue weighted by atomic mass is 10.4. The summed E-state index contributed by atoms with van der Waals surface area (Å²) in [6.07, 6.45) is 0. The molecule has 0 spiro atoms. The number of nitro groups is 1. The average Bonchev–Trinajstić information content (AvgIpc) is 2.13. The van der Waals surface area contributed by atoms with Crippen molar-refractivity contribution < 1.29 is 9.77 Å². The van der Waals surface area contributed by atoms with Gasteiger partial charge in [0, 0.05) is 0 Å². The smallest absolute Gasteiger partial charge is 0.359 e. The van der Waals surface area contributed by atoms with Crippen LogP contribution in [0.25, 0.3) is 0 Å². The summed E-state index contributed by atoms with van der Waals surface area (Å²) >= 11 is 0. The highest BCUT2D eigenvalue weighted by molar-refractivity contribution is 5.74. The van der Waals surface area contributed by atoms with Crippen molar-refractivity contribution in [3.8, 4) is 0 Å². The molecule has 0 radical (unpaired) electrons. The van der Waals surface area contributed by atoms with Gasteiger partial charge in [0.25, 0.3) is 0 Å². The molecule has 0 saturated carbocycles. The molecule has 6 nitrogen and oxygen atoms in total. The summed E-state index contributed by atoms with van der Waals surface area (Å²) in [4.78, 5) is 9.76. The second-order valence-corrected chi connectivity index (χ2v) is 2.00. The van der Waals surface area contributed by atoms with Crippen molar-refractivity contribution in [3.63, 3.8) is 0 Å². The van der Waals surface area contributed by atoms with Crippen molar-refractivity contribution in [3.05, 3.63) is 10.1 Å². The fourth-order valence-electron chi connectivity index (χ4n) is 0.630. The van der Waals surface area contributed by atoms with Crippen LogP contribution in [0.2, 0.25) is 0 Å². The molecule has 6 heteroatoms. The average molecular weight is 145 g/mol. The van der Waals surface area contributed by atoms with E-state index in [1.807, 2.05) is 6.92 Å². The van der Waals surface area contributed by atoms with Crippen LogP contribution < -0.4 is 5.32 Å². The first-order chi connectivity index (χ1) is 4.68. The SMILES string of the molecule is CC1COC(=N[N+](=O)[O-])N1. The zero-order valence-corrected chi connectivity index (χ0v) is 5.40. The molecule has 1 saturated heterocycles. The van der Waals surface area contributed by atoms with Gasteiger partial charge in [-0.2, -0.15) is 0 Å². The number of ether oxygens (including phenoxy) is 1. The molecule has 0 aromatic rings. The minimum Gasteiger partial charge on any atom is -0.459 e. The molecule has 0 aromatic heterocycles. The van der Waals surface area contributed by atoms with Crippen molar-refractivity contribution in [1.29, 1.82) is 0 Å². The quantitative estimate of drug-likeness (QED) is 0.400. The van der Waals surface area contributed by atoms with Crippen molar-refractivity contribution in [2.24, 2.45) is 5.10 Å². The highest BCUT2D eigenvalue weighted by atomic mass is 16.7. The Hall–Kier alpha value is -1.33. The Morgan fingerprint density at radius 1 is 2.00 bits per heavy atom. The van der Waals surface area contributed by atoms with E-state index in [2.05, 4.69) is 10.4 Å². The number of hydrogen-bond donors (Lipinski definition) is 1. The summed E-state index contributed by atoms with van der Waals surface area (Å²) in [6.45, 7) is 2.29. The minimum absolute atomic E-state index is 0.00231. The van der Waals surface area contributed by atoms with Gasteiger partial charge < -0.3 is 10.1 Å². The van der Waals surface area contributed by atoms with E-state index in [4.69, 9.17) is 4.74 Å². The summed E-state index contributed by atoms with van der Waals surface area (Å²) < 4.78 is 4.77. The van der Waals surface area contributed by atoms with Gasteiger partial charge in [0.15, 0.2) is 5.03 Å². The summed E-state index contributed by atoms with van der Waals surface area (Å²) in [5, 5.41) is 14.6. The van der Waals surface area contributed by atoms with E-state index in [-0.39, 0.29) is 12.1 Å². The van der Waals surface area contributed by atoms with Crippen LogP contribution in [-0.2, 0) is 4.74 Å². The Morgan fingerprint density at radius 2 is 2.70 bits per heavy atom. The van der Waals surface area contributed by atoms with Crippen molar-refractivity contribution in [1.82, 2.24) is 5.32 Å². The molecule has 1 unspecified atom stereocenters. The molecule has 56 valence electrons. The van der Waals surface area contributed by atoms with E-state index >= 15 is 0 Å². The molecule has 1 aliphatic heterocycles. The molecule has 0 aromatic carbocycles. The Labute approximate surface area is 57.0 Å². The van der Waals surface area contributed by atoms with E-state index in [1.165, 1.54) is 0 Å². The zero-order chi connectivity index (χ0) is 7.56. The molecule has 1 heterocycles. The lowest BCUT2D eigenvalue weighted by molar-refractivity contribution is -0.486. The van der Waals surface area contributed by atoms with Gasteiger partial charge in [0.2, 0.25) is 0 Å². The fourth-order valence-corrected chi connectivity index (χ4v) is 0.630.